The topological polar surface area (TPSA) is 82.6 Å². The van der Waals surface area contributed by atoms with Crippen LogP contribution in [0.15, 0.2) is 42.6 Å². The van der Waals surface area contributed by atoms with Gasteiger partial charge in [-0.25, -0.2) is 13.8 Å². The van der Waals surface area contributed by atoms with E-state index in [-0.39, 0.29) is 23.0 Å². The first-order chi connectivity index (χ1) is 18.9. The number of ether oxygens (including phenoxy) is 1. The van der Waals surface area contributed by atoms with Crippen molar-refractivity contribution in [2.45, 2.75) is 30.1 Å². The highest BCUT2D eigenvalue weighted by Gasteiger charge is 2.48. The summed E-state index contributed by atoms with van der Waals surface area (Å²) in [6, 6.07) is 10.8. The lowest BCUT2D eigenvalue weighted by molar-refractivity contribution is -0.107. The van der Waals surface area contributed by atoms with Crippen molar-refractivity contribution in [2.24, 2.45) is 0 Å². The third kappa shape index (κ3) is 5.35. The number of hydrogen-bond acceptors (Lipinski definition) is 8. The molecule has 39 heavy (non-hydrogen) atoms. The van der Waals surface area contributed by atoms with Crippen LogP contribution >= 0.6 is 11.6 Å². The average Bonchev–Trinajstić information content (AvgIpc) is 3.73. The second-order valence-electron chi connectivity index (χ2n) is 10.3. The number of rotatable bonds is 8. The van der Waals surface area contributed by atoms with Crippen LogP contribution in [0, 0.1) is 11.6 Å². The lowest BCUT2D eigenvalue weighted by Gasteiger charge is -2.37. The second-order valence-corrected chi connectivity index (χ2v) is 10.8. The molecule has 8 nitrogen and oxygen atoms in total. The molecule has 6 rings (SSSR count). The van der Waals surface area contributed by atoms with E-state index in [1.54, 1.807) is 12.1 Å². The molecule has 2 aliphatic heterocycles. The molecule has 11 heteroatoms. The zero-order chi connectivity index (χ0) is 27.0. The Hall–Kier alpha value is -3.50. The molecule has 2 fully saturated rings. The summed E-state index contributed by atoms with van der Waals surface area (Å²) in [5.74, 6) is -0.873. The quantitative estimate of drug-likeness (QED) is 0.293. The number of nitrogens with zero attached hydrogens (tertiary/aromatic N) is 4. The first-order valence-electron chi connectivity index (χ1n) is 13.1. The Kier molecular flexibility index (Phi) is 6.99. The van der Waals surface area contributed by atoms with Gasteiger partial charge in [-0.3, -0.25) is 0 Å². The monoisotopic (exact) mass is 554 g/mol. The molecule has 0 radical (unpaired) electrons. The number of alkyl halides is 1. The van der Waals surface area contributed by atoms with E-state index >= 15 is 0 Å². The number of anilines is 6. The van der Waals surface area contributed by atoms with Crippen LogP contribution in [0.25, 0.3) is 0 Å². The number of benzene rings is 2. The SMILES string of the molecule is O=CC(Cl)CN1CCC2(CC2)c2ccc(Nc3nc(Nc4ccc(N5CCOCC5)c(F)c4)ncc3F)cc21. The Morgan fingerprint density at radius 2 is 1.77 bits per heavy atom. The Bertz CT molecular complexity index is 1380. The molecule has 1 spiro atoms. The van der Waals surface area contributed by atoms with Crippen molar-refractivity contribution in [3.05, 3.63) is 59.8 Å². The summed E-state index contributed by atoms with van der Waals surface area (Å²) in [4.78, 5) is 23.6. The molecule has 1 saturated carbocycles. The van der Waals surface area contributed by atoms with Gasteiger partial charge in [0, 0.05) is 43.2 Å². The van der Waals surface area contributed by atoms with Crippen molar-refractivity contribution in [2.75, 3.05) is 59.8 Å². The van der Waals surface area contributed by atoms with Gasteiger partial charge >= 0.3 is 0 Å². The third-order valence-electron chi connectivity index (χ3n) is 7.73. The largest absolute Gasteiger partial charge is 0.378 e. The molecule has 0 amide bonds. The van der Waals surface area contributed by atoms with Crippen LogP contribution < -0.4 is 20.4 Å². The zero-order valence-electron chi connectivity index (χ0n) is 21.3. The predicted octanol–water partition coefficient (Wildman–Crippen LogP) is 5.13. The molecule has 1 aliphatic carbocycles. The van der Waals surface area contributed by atoms with Crippen molar-refractivity contribution < 1.29 is 18.3 Å². The number of morpholine rings is 1. The number of aldehydes is 1. The summed E-state index contributed by atoms with van der Waals surface area (Å²) in [6.07, 6.45) is 5.13. The summed E-state index contributed by atoms with van der Waals surface area (Å²) >= 11 is 6.15. The zero-order valence-corrected chi connectivity index (χ0v) is 22.1. The highest BCUT2D eigenvalue weighted by atomic mass is 35.5. The third-order valence-corrected chi connectivity index (χ3v) is 7.97. The highest BCUT2D eigenvalue weighted by Crippen LogP contribution is 2.56. The molecular formula is C28H29ClF2N6O2. The van der Waals surface area contributed by atoms with Crippen LogP contribution in [0.3, 0.4) is 0 Å². The van der Waals surface area contributed by atoms with Gasteiger partial charge in [-0.15, -0.1) is 11.6 Å². The van der Waals surface area contributed by atoms with E-state index in [0.29, 0.717) is 49.9 Å². The lowest BCUT2D eigenvalue weighted by atomic mass is 9.86. The van der Waals surface area contributed by atoms with Gasteiger partial charge in [-0.1, -0.05) is 6.07 Å². The Morgan fingerprint density at radius 3 is 2.51 bits per heavy atom. The van der Waals surface area contributed by atoms with E-state index in [4.69, 9.17) is 16.3 Å². The predicted molar refractivity (Wildman–Crippen MR) is 148 cm³/mol. The van der Waals surface area contributed by atoms with Gasteiger partial charge in [0.2, 0.25) is 5.95 Å². The second kappa shape index (κ2) is 10.6. The number of hydrogen-bond donors (Lipinski definition) is 2. The molecular weight excluding hydrogens is 526 g/mol. The van der Waals surface area contributed by atoms with E-state index in [0.717, 1.165) is 44.0 Å². The van der Waals surface area contributed by atoms with Gasteiger partial charge in [-0.05, 0) is 60.6 Å². The normalized spacial score (nSPS) is 18.4. The Balaban J connectivity index is 1.21. The lowest BCUT2D eigenvalue weighted by Crippen LogP contribution is -2.38. The molecule has 1 saturated heterocycles. The van der Waals surface area contributed by atoms with Crippen LogP contribution in [0.1, 0.15) is 24.8 Å². The van der Waals surface area contributed by atoms with Gasteiger partial charge in [0.25, 0.3) is 0 Å². The summed E-state index contributed by atoms with van der Waals surface area (Å²) in [6.45, 7) is 3.61. The summed E-state index contributed by atoms with van der Waals surface area (Å²) in [5, 5.41) is 5.42. The number of nitrogens with one attached hydrogen (secondary N) is 2. The Morgan fingerprint density at radius 1 is 1.00 bits per heavy atom. The van der Waals surface area contributed by atoms with Crippen molar-refractivity contribution in [3.8, 4) is 0 Å². The molecule has 0 bridgehead atoms. The van der Waals surface area contributed by atoms with Crippen molar-refractivity contribution in [3.63, 3.8) is 0 Å². The van der Waals surface area contributed by atoms with Gasteiger partial charge < -0.3 is 30.0 Å². The molecule has 3 aliphatic rings. The van der Waals surface area contributed by atoms with E-state index in [2.05, 4.69) is 31.6 Å². The van der Waals surface area contributed by atoms with E-state index in [1.807, 2.05) is 17.0 Å². The minimum atomic E-state index is -0.621. The molecule has 3 aromatic rings. The standard InChI is InChI=1S/C28H29ClF2N6O2/c29-18(17-38)16-37-8-7-28(5-6-28)21-3-1-20(14-25(21)37)33-26-23(31)15-32-27(35-26)34-19-2-4-24(22(30)13-19)36-9-11-39-12-10-36/h1-4,13-15,17-18H,5-12,16H2,(H2,32,33,34,35). The minimum Gasteiger partial charge on any atom is -0.378 e. The fourth-order valence-electron chi connectivity index (χ4n) is 5.46. The molecule has 1 atom stereocenters. The van der Waals surface area contributed by atoms with Crippen molar-refractivity contribution in [1.82, 2.24) is 9.97 Å². The van der Waals surface area contributed by atoms with E-state index in [9.17, 15) is 13.6 Å². The number of carbonyl (C=O) groups is 1. The summed E-state index contributed by atoms with van der Waals surface area (Å²) < 4.78 is 34.9. The van der Waals surface area contributed by atoms with Crippen molar-refractivity contribution in [1.29, 1.82) is 0 Å². The number of aromatic nitrogens is 2. The van der Waals surface area contributed by atoms with Gasteiger partial charge in [0.05, 0.1) is 25.1 Å². The van der Waals surface area contributed by atoms with Crippen LogP contribution in [0.5, 0.6) is 0 Å². The van der Waals surface area contributed by atoms with Crippen molar-refractivity contribution >= 4 is 52.4 Å². The van der Waals surface area contributed by atoms with Crippen LogP contribution in [0.4, 0.5) is 43.3 Å². The van der Waals surface area contributed by atoms with Gasteiger partial charge in [0.1, 0.15) is 17.5 Å². The first-order valence-corrected chi connectivity index (χ1v) is 13.6. The van der Waals surface area contributed by atoms with Crippen LogP contribution in [0.2, 0.25) is 0 Å². The molecule has 3 heterocycles. The molecule has 1 aromatic heterocycles. The maximum Gasteiger partial charge on any atom is 0.229 e. The fourth-order valence-corrected chi connectivity index (χ4v) is 5.63. The highest BCUT2D eigenvalue weighted by molar-refractivity contribution is 6.27. The average molecular weight is 555 g/mol. The van der Waals surface area contributed by atoms with E-state index < -0.39 is 11.2 Å². The Labute approximate surface area is 230 Å². The maximum absolute atomic E-state index is 14.8. The molecule has 2 N–H and O–H groups in total. The first kappa shape index (κ1) is 25.8. The fraction of sp³-hybridized carbons (Fsp3) is 0.393. The van der Waals surface area contributed by atoms with Crippen LogP contribution in [-0.4, -0.2) is 61.0 Å². The minimum absolute atomic E-state index is 0.00975. The van der Waals surface area contributed by atoms with Gasteiger partial charge in [0.15, 0.2) is 11.6 Å². The molecule has 1 unspecified atom stereocenters. The molecule has 2 aromatic carbocycles. The van der Waals surface area contributed by atoms with Crippen LogP contribution in [-0.2, 0) is 14.9 Å². The van der Waals surface area contributed by atoms with E-state index in [1.165, 1.54) is 11.6 Å². The number of halogens is 3. The number of carbonyl (C=O) groups excluding carboxylic acids is 1. The summed E-state index contributed by atoms with van der Waals surface area (Å²) in [5.41, 5.74) is 4.04. The number of fused-ring (bicyclic) bond motifs is 2. The molecule has 204 valence electrons. The van der Waals surface area contributed by atoms with Gasteiger partial charge in [-0.2, -0.15) is 4.98 Å². The maximum atomic E-state index is 14.8. The summed E-state index contributed by atoms with van der Waals surface area (Å²) in [7, 11) is 0. The smallest absolute Gasteiger partial charge is 0.229 e.